The highest BCUT2D eigenvalue weighted by Crippen LogP contribution is 2.23. The van der Waals surface area contributed by atoms with E-state index in [4.69, 9.17) is 0 Å². The number of nitrogens with one attached hydrogen (secondary N) is 1. The number of benzene rings is 2. The van der Waals surface area contributed by atoms with Crippen molar-refractivity contribution < 1.29 is 5.11 Å². The molecule has 0 aliphatic carbocycles. The first-order valence-electron chi connectivity index (χ1n) is 5.92. The SMILES string of the molecule is CC(NCc1ccc(O)cc1)c1ccccc1Br. The molecule has 0 saturated carbocycles. The van der Waals surface area contributed by atoms with Gasteiger partial charge in [0.1, 0.15) is 5.75 Å². The summed E-state index contributed by atoms with van der Waals surface area (Å²) in [7, 11) is 0. The van der Waals surface area contributed by atoms with Crippen LogP contribution in [0.2, 0.25) is 0 Å². The van der Waals surface area contributed by atoms with Crippen molar-refractivity contribution in [1.82, 2.24) is 5.32 Å². The largest absolute Gasteiger partial charge is 0.508 e. The van der Waals surface area contributed by atoms with Crippen LogP contribution in [0.15, 0.2) is 53.0 Å². The van der Waals surface area contributed by atoms with E-state index < -0.39 is 0 Å². The number of phenols is 1. The molecule has 2 nitrogen and oxygen atoms in total. The third-order valence-electron chi connectivity index (χ3n) is 2.92. The van der Waals surface area contributed by atoms with E-state index in [0.717, 1.165) is 16.6 Å². The maximum Gasteiger partial charge on any atom is 0.115 e. The third kappa shape index (κ3) is 3.34. The van der Waals surface area contributed by atoms with Crippen molar-refractivity contribution in [3.8, 4) is 5.75 Å². The molecule has 0 aliphatic rings. The Morgan fingerprint density at radius 3 is 2.44 bits per heavy atom. The molecule has 0 aliphatic heterocycles. The van der Waals surface area contributed by atoms with Crippen molar-refractivity contribution in [3.05, 3.63) is 64.1 Å². The first-order valence-corrected chi connectivity index (χ1v) is 6.72. The van der Waals surface area contributed by atoms with Crippen LogP contribution in [-0.4, -0.2) is 5.11 Å². The summed E-state index contributed by atoms with van der Waals surface area (Å²) in [6.45, 7) is 2.92. The second kappa shape index (κ2) is 6.03. The number of phenolic OH excluding ortho intramolecular Hbond substituents is 1. The molecule has 0 heterocycles. The Kier molecular flexibility index (Phi) is 4.39. The molecule has 3 heteroatoms. The summed E-state index contributed by atoms with van der Waals surface area (Å²) in [5, 5.41) is 12.7. The molecule has 0 bridgehead atoms. The Morgan fingerprint density at radius 2 is 1.78 bits per heavy atom. The lowest BCUT2D eigenvalue weighted by molar-refractivity contribution is 0.474. The summed E-state index contributed by atoms with van der Waals surface area (Å²) in [5.41, 5.74) is 2.41. The molecule has 0 radical (unpaired) electrons. The topological polar surface area (TPSA) is 32.3 Å². The molecule has 0 aromatic heterocycles. The summed E-state index contributed by atoms with van der Waals surface area (Å²) in [6.07, 6.45) is 0. The fourth-order valence-electron chi connectivity index (χ4n) is 1.82. The maximum absolute atomic E-state index is 9.22. The Morgan fingerprint density at radius 1 is 1.11 bits per heavy atom. The van der Waals surface area contributed by atoms with Crippen molar-refractivity contribution in [2.45, 2.75) is 19.5 Å². The molecule has 0 fully saturated rings. The van der Waals surface area contributed by atoms with Gasteiger partial charge in [-0.2, -0.15) is 0 Å². The Bertz CT molecular complexity index is 510. The normalized spacial score (nSPS) is 12.3. The van der Waals surface area contributed by atoms with Crippen LogP contribution in [0.3, 0.4) is 0 Å². The van der Waals surface area contributed by atoms with Crippen LogP contribution in [0.4, 0.5) is 0 Å². The highest BCUT2D eigenvalue weighted by atomic mass is 79.9. The third-order valence-corrected chi connectivity index (χ3v) is 3.64. The Labute approximate surface area is 116 Å². The molecular formula is C15H16BrNO. The van der Waals surface area contributed by atoms with Gasteiger partial charge < -0.3 is 10.4 Å². The van der Waals surface area contributed by atoms with Gasteiger partial charge in [0, 0.05) is 17.1 Å². The molecule has 2 rings (SSSR count). The van der Waals surface area contributed by atoms with Crippen LogP contribution in [0.1, 0.15) is 24.1 Å². The van der Waals surface area contributed by atoms with Gasteiger partial charge in [-0.3, -0.25) is 0 Å². The fourth-order valence-corrected chi connectivity index (χ4v) is 2.45. The lowest BCUT2D eigenvalue weighted by Crippen LogP contribution is -2.18. The van der Waals surface area contributed by atoms with E-state index in [1.54, 1.807) is 12.1 Å². The highest BCUT2D eigenvalue weighted by Gasteiger charge is 2.07. The quantitative estimate of drug-likeness (QED) is 0.894. The predicted molar refractivity (Wildman–Crippen MR) is 77.5 cm³/mol. The summed E-state index contributed by atoms with van der Waals surface area (Å²) in [6, 6.07) is 15.8. The maximum atomic E-state index is 9.22. The van der Waals surface area contributed by atoms with Crippen LogP contribution in [-0.2, 0) is 6.54 Å². The van der Waals surface area contributed by atoms with E-state index in [-0.39, 0.29) is 6.04 Å². The smallest absolute Gasteiger partial charge is 0.115 e. The number of hydrogen-bond donors (Lipinski definition) is 2. The van der Waals surface area contributed by atoms with Gasteiger partial charge in [0.05, 0.1) is 0 Å². The second-order valence-corrected chi connectivity index (χ2v) is 5.14. The predicted octanol–water partition coefficient (Wildman–Crippen LogP) is 4.01. The molecule has 0 amide bonds. The minimum atomic E-state index is 0.273. The number of aromatic hydroxyl groups is 1. The van der Waals surface area contributed by atoms with Gasteiger partial charge in [0.15, 0.2) is 0 Å². The van der Waals surface area contributed by atoms with Crippen molar-refractivity contribution in [1.29, 1.82) is 0 Å². The van der Waals surface area contributed by atoms with Crippen molar-refractivity contribution >= 4 is 15.9 Å². The van der Waals surface area contributed by atoms with E-state index >= 15 is 0 Å². The summed E-state index contributed by atoms with van der Waals surface area (Å²) in [4.78, 5) is 0. The first kappa shape index (κ1) is 13.1. The molecule has 1 atom stereocenters. The zero-order valence-electron chi connectivity index (χ0n) is 10.2. The van der Waals surface area contributed by atoms with Gasteiger partial charge in [0.2, 0.25) is 0 Å². The molecule has 2 aromatic rings. The molecule has 0 saturated heterocycles. The molecule has 2 aromatic carbocycles. The second-order valence-electron chi connectivity index (χ2n) is 4.29. The van der Waals surface area contributed by atoms with Crippen LogP contribution < -0.4 is 5.32 Å². The van der Waals surface area contributed by atoms with E-state index in [2.05, 4.69) is 34.2 Å². The average molecular weight is 306 g/mol. The lowest BCUT2D eigenvalue weighted by atomic mass is 10.1. The fraction of sp³-hybridized carbons (Fsp3) is 0.200. The van der Waals surface area contributed by atoms with Crippen molar-refractivity contribution in [2.24, 2.45) is 0 Å². The van der Waals surface area contributed by atoms with Crippen LogP contribution >= 0.6 is 15.9 Å². The van der Waals surface area contributed by atoms with Crippen LogP contribution in [0.5, 0.6) is 5.75 Å². The Hall–Kier alpha value is -1.32. The summed E-state index contributed by atoms with van der Waals surface area (Å²) < 4.78 is 1.12. The van der Waals surface area contributed by atoms with Crippen LogP contribution in [0, 0.1) is 0 Å². The molecular weight excluding hydrogens is 290 g/mol. The van der Waals surface area contributed by atoms with E-state index in [1.807, 2.05) is 30.3 Å². The number of halogens is 1. The molecule has 18 heavy (non-hydrogen) atoms. The summed E-state index contributed by atoms with van der Waals surface area (Å²) in [5.74, 6) is 0.303. The lowest BCUT2D eigenvalue weighted by Gasteiger charge is -2.15. The molecule has 94 valence electrons. The highest BCUT2D eigenvalue weighted by molar-refractivity contribution is 9.10. The minimum absolute atomic E-state index is 0.273. The van der Waals surface area contributed by atoms with Gasteiger partial charge in [0.25, 0.3) is 0 Å². The standard InChI is InChI=1S/C15H16BrNO/c1-11(14-4-2-3-5-15(14)16)17-10-12-6-8-13(18)9-7-12/h2-9,11,17-18H,10H2,1H3. The zero-order valence-corrected chi connectivity index (χ0v) is 11.8. The molecule has 0 spiro atoms. The molecule has 1 unspecified atom stereocenters. The van der Waals surface area contributed by atoms with E-state index in [1.165, 1.54) is 5.56 Å². The molecule has 2 N–H and O–H groups in total. The first-order chi connectivity index (χ1) is 8.66. The van der Waals surface area contributed by atoms with Gasteiger partial charge in [-0.1, -0.05) is 46.3 Å². The van der Waals surface area contributed by atoms with Gasteiger partial charge in [-0.15, -0.1) is 0 Å². The minimum Gasteiger partial charge on any atom is -0.508 e. The van der Waals surface area contributed by atoms with Crippen molar-refractivity contribution in [3.63, 3.8) is 0 Å². The van der Waals surface area contributed by atoms with E-state index in [0.29, 0.717) is 5.75 Å². The Balaban J connectivity index is 1.98. The zero-order chi connectivity index (χ0) is 13.0. The van der Waals surface area contributed by atoms with E-state index in [9.17, 15) is 5.11 Å². The van der Waals surface area contributed by atoms with Crippen LogP contribution in [0.25, 0.3) is 0 Å². The summed E-state index contributed by atoms with van der Waals surface area (Å²) >= 11 is 3.56. The van der Waals surface area contributed by atoms with Gasteiger partial charge in [-0.25, -0.2) is 0 Å². The number of rotatable bonds is 4. The number of hydrogen-bond acceptors (Lipinski definition) is 2. The van der Waals surface area contributed by atoms with Gasteiger partial charge in [-0.05, 0) is 36.2 Å². The monoisotopic (exact) mass is 305 g/mol. The average Bonchev–Trinajstić information content (AvgIpc) is 2.38. The van der Waals surface area contributed by atoms with Crippen molar-refractivity contribution in [2.75, 3.05) is 0 Å². The van der Waals surface area contributed by atoms with Gasteiger partial charge >= 0.3 is 0 Å².